The van der Waals surface area contributed by atoms with Gasteiger partial charge in [0.1, 0.15) is 16.5 Å². The van der Waals surface area contributed by atoms with E-state index in [1.54, 1.807) is 43.6 Å². The van der Waals surface area contributed by atoms with Crippen molar-refractivity contribution >= 4 is 43.1 Å². The highest BCUT2D eigenvalue weighted by atomic mass is 32.2. The Morgan fingerprint density at radius 2 is 1.94 bits per heavy atom. The molecule has 0 atom stereocenters. The number of thiophene rings is 1. The molecule has 3 aromatic rings. The summed E-state index contributed by atoms with van der Waals surface area (Å²) >= 11 is 1.78. The van der Waals surface area contributed by atoms with Gasteiger partial charge in [0.2, 0.25) is 10.0 Å². The molecule has 0 bridgehead atoms. The first-order valence-corrected chi connectivity index (χ1v) is 13.6. The molecule has 8 nitrogen and oxygen atoms in total. The molecule has 0 saturated carbocycles. The summed E-state index contributed by atoms with van der Waals surface area (Å²) in [6, 6.07) is 6.92. The third-order valence-electron chi connectivity index (χ3n) is 6.21. The average Bonchev–Trinajstić information content (AvgIpc) is 3.18. The molecule has 176 valence electrons. The van der Waals surface area contributed by atoms with Gasteiger partial charge in [-0.25, -0.2) is 22.7 Å². The fourth-order valence-corrected chi connectivity index (χ4v) is 6.63. The maximum Gasteiger partial charge on any atom is 0.242 e. The second-order valence-corrected chi connectivity index (χ2v) is 11.9. The summed E-state index contributed by atoms with van der Waals surface area (Å²) in [4.78, 5) is 14.9. The molecule has 0 radical (unpaired) electrons. The average molecular weight is 488 g/mol. The number of fused-ring (bicyclic) bond motifs is 3. The zero-order valence-corrected chi connectivity index (χ0v) is 20.6. The van der Waals surface area contributed by atoms with Crippen LogP contribution >= 0.6 is 11.3 Å². The lowest BCUT2D eigenvalue weighted by Gasteiger charge is -2.25. The molecule has 1 aliphatic carbocycles. The van der Waals surface area contributed by atoms with E-state index in [-0.39, 0.29) is 4.90 Å². The van der Waals surface area contributed by atoms with Crippen molar-refractivity contribution in [1.82, 2.24) is 19.2 Å². The van der Waals surface area contributed by atoms with Gasteiger partial charge in [0.15, 0.2) is 0 Å². The molecule has 0 amide bonds. The minimum Gasteiger partial charge on any atom is -0.379 e. The molecule has 0 spiro atoms. The molecule has 0 unspecified atom stereocenters. The van der Waals surface area contributed by atoms with Crippen LogP contribution in [0.5, 0.6) is 0 Å². The van der Waals surface area contributed by atoms with Crippen molar-refractivity contribution < 1.29 is 13.2 Å². The van der Waals surface area contributed by atoms with Crippen molar-refractivity contribution in [2.24, 2.45) is 0 Å². The number of rotatable bonds is 6. The van der Waals surface area contributed by atoms with Gasteiger partial charge in [-0.3, -0.25) is 4.90 Å². The molecule has 2 aliphatic rings. The van der Waals surface area contributed by atoms with Crippen molar-refractivity contribution in [3.63, 3.8) is 0 Å². The Balaban J connectivity index is 1.55. The van der Waals surface area contributed by atoms with E-state index in [4.69, 9.17) is 14.7 Å². The summed E-state index contributed by atoms with van der Waals surface area (Å²) in [5.41, 5.74) is 2.05. The molecule has 33 heavy (non-hydrogen) atoms. The van der Waals surface area contributed by atoms with Crippen LogP contribution in [0.1, 0.15) is 29.1 Å². The standard InChI is InChI=1S/C23H29N5O3S2/c1-27(2)33(29,30)17-7-5-6-16(14-17)24-22-21-18-8-3-4-9-19(18)32-23(21)26-20(25-22)15-28-10-12-31-13-11-28/h5-7,14H,3-4,8-13,15H2,1-2H3,(H,24,25,26). The van der Waals surface area contributed by atoms with E-state index in [0.717, 1.165) is 61.0 Å². The topological polar surface area (TPSA) is 87.7 Å². The summed E-state index contributed by atoms with van der Waals surface area (Å²) in [5.74, 6) is 1.55. The van der Waals surface area contributed by atoms with Crippen molar-refractivity contribution in [3.8, 4) is 0 Å². The maximum absolute atomic E-state index is 12.6. The molecule has 2 aromatic heterocycles. The first kappa shape index (κ1) is 22.7. The SMILES string of the molecule is CN(C)S(=O)(=O)c1cccc(Nc2nc(CN3CCOCC3)nc3sc4c(c23)CCCC4)c1. The van der Waals surface area contributed by atoms with E-state index in [9.17, 15) is 8.42 Å². The molecule has 1 aromatic carbocycles. The van der Waals surface area contributed by atoms with Gasteiger partial charge in [-0.2, -0.15) is 0 Å². The monoisotopic (exact) mass is 487 g/mol. The van der Waals surface area contributed by atoms with Gasteiger partial charge in [0.05, 0.1) is 30.0 Å². The van der Waals surface area contributed by atoms with E-state index in [1.165, 1.54) is 27.6 Å². The van der Waals surface area contributed by atoms with Gasteiger partial charge in [-0.15, -0.1) is 11.3 Å². The predicted molar refractivity (Wildman–Crippen MR) is 131 cm³/mol. The van der Waals surface area contributed by atoms with E-state index < -0.39 is 10.0 Å². The maximum atomic E-state index is 12.6. The Bertz CT molecular complexity index is 1270. The molecular weight excluding hydrogens is 458 g/mol. The molecular formula is C23H29N5O3S2. The zero-order valence-electron chi connectivity index (χ0n) is 19.0. The van der Waals surface area contributed by atoms with Crippen molar-refractivity contribution in [3.05, 3.63) is 40.5 Å². The Kier molecular flexibility index (Phi) is 6.37. The first-order chi connectivity index (χ1) is 15.9. The number of aromatic nitrogens is 2. The number of nitrogens with zero attached hydrogens (tertiary/aromatic N) is 4. The molecule has 10 heteroatoms. The predicted octanol–water partition coefficient (Wildman–Crippen LogP) is 3.40. The van der Waals surface area contributed by atoms with Gasteiger partial charge >= 0.3 is 0 Å². The van der Waals surface area contributed by atoms with E-state index >= 15 is 0 Å². The fourth-order valence-electron chi connectivity index (χ4n) is 4.40. The van der Waals surface area contributed by atoms with Crippen LogP contribution in [0.25, 0.3) is 10.2 Å². The summed E-state index contributed by atoms with van der Waals surface area (Å²) in [5, 5.41) is 4.53. The number of benzene rings is 1. The summed E-state index contributed by atoms with van der Waals surface area (Å²) in [6.07, 6.45) is 4.50. The highest BCUT2D eigenvalue weighted by Crippen LogP contribution is 2.39. The number of aryl methyl sites for hydroxylation is 2. The van der Waals surface area contributed by atoms with Gasteiger partial charge < -0.3 is 10.1 Å². The number of hydrogen-bond acceptors (Lipinski definition) is 8. The van der Waals surface area contributed by atoms with Crippen molar-refractivity contribution in [1.29, 1.82) is 0 Å². The Labute approximate surface area is 198 Å². The molecule has 5 rings (SSSR count). The van der Waals surface area contributed by atoms with E-state index in [2.05, 4.69) is 10.2 Å². The Hall–Kier alpha value is -2.11. The second-order valence-electron chi connectivity index (χ2n) is 8.71. The summed E-state index contributed by atoms with van der Waals surface area (Å²) in [7, 11) is -0.440. The molecule has 3 heterocycles. The smallest absolute Gasteiger partial charge is 0.242 e. The second kappa shape index (κ2) is 9.27. The lowest BCUT2D eigenvalue weighted by atomic mass is 9.97. The molecule has 1 saturated heterocycles. The minimum absolute atomic E-state index is 0.253. The number of nitrogens with one attached hydrogen (secondary N) is 1. The van der Waals surface area contributed by atoms with Gasteiger partial charge in [0.25, 0.3) is 0 Å². The van der Waals surface area contributed by atoms with Crippen molar-refractivity contribution in [2.45, 2.75) is 37.1 Å². The lowest BCUT2D eigenvalue weighted by molar-refractivity contribution is 0.0331. The lowest BCUT2D eigenvalue weighted by Crippen LogP contribution is -2.36. The quantitative estimate of drug-likeness (QED) is 0.570. The Morgan fingerprint density at radius 3 is 2.73 bits per heavy atom. The highest BCUT2D eigenvalue weighted by Gasteiger charge is 2.23. The first-order valence-electron chi connectivity index (χ1n) is 11.3. The van der Waals surface area contributed by atoms with Crippen molar-refractivity contribution in [2.75, 3.05) is 45.7 Å². The van der Waals surface area contributed by atoms with Gasteiger partial charge in [-0.05, 0) is 49.4 Å². The van der Waals surface area contributed by atoms with Gasteiger partial charge in [0, 0.05) is 37.7 Å². The molecule has 1 aliphatic heterocycles. The van der Waals surface area contributed by atoms with E-state index in [1.807, 2.05) is 6.07 Å². The van der Waals surface area contributed by atoms with E-state index in [0.29, 0.717) is 12.2 Å². The highest BCUT2D eigenvalue weighted by molar-refractivity contribution is 7.89. The third-order valence-corrected chi connectivity index (χ3v) is 9.20. The fraction of sp³-hybridized carbons (Fsp3) is 0.478. The number of sulfonamides is 1. The molecule has 1 fully saturated rings. The zero-order chi connectivity index (χ0) is 23.0. The third kappa shape index (κ3) is 4.63. The van der Waals surface area contributed by atoms with Crippen LogP contribution in [0, 0.1) is 0 Å². The minimum atomic E-state index is -3.52. The van der Waals surface area contributed by atoms with Crippen LogP contribution in [-0.4, -0.2) is 68.0 Å². The summed E-state index contributed by atoms with van der Waals surface area (Å²) in [6.45, 7) is 3.87. The summed E-state index contributed by atoms with van der Waals surface area (Å²) < 4.78 is 32.0. The Morgan fingerprint density at radius 1 is 1.15 bits per heavy atom. The van der Waals surface area contributed by atoms with Crippen LogP contribution in [-0.2, 0) is 34.1 Å². The van der Waals surface area contributed by atoms with Crippen LogP contribution in [0.4, 0.5) is 11.5 Å². The number of morpholine rings is 1. The van der Waals surface area contributed by atoms with Crippen LogP contribution < -0.4 is 5.32 Å². The number of hydrogen-bond donors (Lipinski definition) is 1. The normalized spacial score (nSPS) is 17.4. The van der Waals surface area contributed by atoms with Crippen LogP contribution in [0.15, 0.2) is 29.2 Å². The van der Waals surface area contributed by atoms with Crippen LogP contribution in [0.2, 0.25) is 0 Å². The number of anilines is 2. The van der Waals surface area contributed by atoms with Crippen LogP contribution in [0.3, 0.4) is 0 Å². The number of ether oxygens (including phenoxy) is 1. The molecule has 1 N–H and O–H groups in total. The van der Waals surface area contributed by atoms with Gasteiger partial charge in [-0.1, -0.05) is 6.07 Å². The largest absolute Gasteiger partial charge is 0.379 e.